The van der Waals surface area contributed by atoms with Crippen molar-refractivity contribution in [1.29, 1.82) is 0 Å². The second-order valence-electron chi connectivity index (χ2n) is 4.16. The molecule has 0 radical (unpaired) electrons. The van der Waals surface area contributed by atoms with Crippen LogP contribution in [0, 0.1) is 6.92 Å². The lowest BCUT2D eigenvalue weighted by atomic mass is 10.0. The van der Waals surface area contributed by atoms with Crippen LogP contribution < -0.4 is 0 Å². The minimum atomic E-state index is 0.326. The Labute approximate surface area is 122 Å². The van der Waals surface area contributed by atoms with Gasteiger partial charge in [0.05, 0.1) is 0 Å². The highest BCUT2D eigenvalue weighted by molar-refractivity contribution is 6.11. The first-order valence-electron chi connectivity index (χ1n) is 6.45. The Bertz CT molecular complexity index is 648. The van der Waals surface area contributed by atoms with Crippen LogP contribution in [-0.4, -0.2) is 34.2 Å². The van der Waals surface area contributed by atoms with Gasteiger partial charge in [-0.1, -0.05) is 34.6 Å². The van der Waals surface area contributed by atoms with Gasteiger partial charge in [0, 0.05) is 17.3 Å². The van der Waals surface area contributed by atoms with E-state index in [1.165, 1.54) is 7.11 Å². The standard InChI is InChI=1S/C14H17N5O2/c1-4-15-21-9-11-7-5-6-8-12(11)13(19-20-3)14-16-10(2)17-18-14/h4-8H,9H2,1-3H3,(H,16,17,18)/b15-4-,19-13+. The summed E-state index contributed by atoms with van der Waals surface area (Å²) in [4.78, 5) is 14.4. The molecule has 0 saturated carbocycles. The highest BCUT2D eigenvalue weighted by atomic mass is 16.6. The summed E-state index contributed by atoms with van der Waals surface area (Å²) in [5.41, 5.74) is 2.30. The molecule has 0 atom stereocenters. The van der Waals surface area contributed by atoms with Gasteiger partial charge in [-0.25, -0.2) is 4.98 Å². The average molecular weight is 287 g/mol. The van der Waals surface area contributed by atoms with Crippen molar-refractivity contribution in [3.05, 3.63) is 47.0 Å². The zero-order valence-corrected chi connectivity index (χ0v) is 12.2. The minimum absolute atomic E-state index is 0.326. The predicted octanol–water partition coefficient (Wildman–Crippen LogP) is 2.03. The quantitative estimate of drug-likeness (QED) is 0.650. The lowest BCUT2D eigenvalue weighted by Crippen LogP contribution is -2.10. The van der Waals surface area contributed by atoms with Crippen molar-refractivity contribution in [2.24, 2.45) is 10.3 Å². The second kappa shape index (κ2) is 7.18. The maximum atomic E-state index is 5.20. The summed E-state index contributed by atoms with van der Waals surface area (Å²) in [5.74, 6) is 1.18. The third-order valence-corrected chi connectivity index (χ3v) is 2.66. The number of aromatic nitrogens is 3. The van der Waals surface area contributed by atoms with Gasteiger partial charge in [-0.15, -0.1) is 0 Å². The molecule has 0 spiro atoms. The molecule has 0 aliphatic carbocycles. The lowest BCUT2D eigenvalue weighted by molar-refractivity contribution is 0.131. The van der Waals surface area contributed by atoms with Crippen LogP contribution in [0.2, 0.25) is 0 Å². The number of oxime groups is 2. The highest BCUT2D eigenvalue weighted by Gasteiger charge is 2.16. The van der Waals surface area contributed by atoms with Crippen LogP contribution in [0.4, 0.5) is 0 Å². The molecule has 21 heavy (non-hydrogen) atoms. The van der Waals surface area contributed by atoms with Crippen molar-refractivity contribution >= 4 is 11.9 Å². The molecule has 0 amide bonds. The van der Waals surface area contributed by atoms with E-state index in [4.69, 9.17) is 9.68 Å². The summed E-state index contributed by atoms with van der Waals surface area (Å²) < 4.78 is 0. The fraction of sp³-hybridized carbons (Fsp3) is 0.286. The molecule has 7 heteroatoms. The number of aromatic amines is 1. The fourth-order valence-electron chi connectivity index (χ4n) is 1.81. The maximum absolute atomic E-state index is 5.20. The smallest absolute Gasteiger partial charge is 0.203 e. The third-order valence-electron chi connectivity index (χ3n) is 2.66. The monoisotopic (exact) mass is 287 g/mol. The Balaban J connectivity index is 2.39. The van der Waals surface area contributed by atoms with E-state index in [0.717, 1.165) is 11.1 Å². The Morgan fingerprint density at radius 2 is 2.19 bits per heavy atom. The van der Waals surface area contributed by atoms with Crippen molar-refractivity contribution in [2.45, 2.75) is 20.5 Å². The van der Waals surface area contributed by atoms with Crippen molar-refractivity contribution in [3.8, 4) is 0 Å². The van der Waals surface area contributed by atoms with Gasteiger partial charge in [-0.05, 0) is 13.8 Å². The Kier molecular flexibility index (Phi) is 5.03. The Morgan fingerprint density at radius 3 is 2.86 bits per heavy atom. The molecule has 110 valence electrons. The van der Waals surface area contributed by atoms with Gasteiger partial charge in [-0.2, -0.15) is 5.10 Å². The number of nitrogens with one attached hydrogen (secondary N) is 1. The molecule has 1 heterocycles. The molecule has 1 aromatic carbocycles. The summed E-state index contributed by atoms with van der Waals surface area (Å²) in [7, 11) is 1.49. The van der Waals surface area contributed by atoms with Crippen molar-refractivity contribution in [3.63, 3.8) is 0 Å². The highest BCUT2D eigenvalue weighted by Crippen LogP contribution is 2.15. The van der Waals surface area contributed by atoms with Gasteiger partial charge in [0.1, 0.15) is 19.5 Å². The number of benzene rings is 1. The van der Waals surface area contributed by atoms with E-state index in [1.54, 1.807) is 13.1 Å². The lowest BCUT2D eigenvalue weighted by Gasteiger charge is -2.08. The van der Waals surface area contributed by atoms with Crippen LogP contribution in [0.15, 0.2) is 34.6 Å². The molecule has 0 saturated heterocycles. The van der Waals surface area contributed by atoms with Crippen molar-refractivity contribution in [2.75, 3.05) is 7.11 Å². The molecule has 0 unspecified atom stereocenters. The normalized spacial score (nSPS) is 11.9. The van der Waals surface area contributed by atoms with Gasteiger partial charge in [-0.3, -0.25) is 5.10 Å². The average Bonchev–Trinajstić information content (AvgIpc) is 2.92. The molecule has 0 fully saturated rings. The second-order valence-corrected chi connectivity index (χ2v) is 4.16. The molecule has 2 aromatic rings. The Morgan fingerprint density at radius 1 is 1.38 bits per heavy atom. The third kappa shape index (κ3) is 3.65. The molecule has 0 aliphatic heterocycles. The number of rotatable bonds is 6. The van der Waals surface area contributed by atoms with Crippen molar-refractivity contribution < 1.29 is 9.68 Å². The zero-order chi connectivity index (χ0) is 15.1. The molecular formula is C14H17N5O2. The van der Waals surface area contributed by atoms with E-state index in [1.807, 2.05) is 31.2 Å². The first-order chi connectivity index (χ1) is 10.3. The number of H-pyrrole nitrogens is 1. The SMILES string of the molecule is C/C=N\OCc1ccccc1/C(=N\OC)c1n[nH]c(C)n1. The van der Waals surface area contributed by atoms with Crippen LogP contribution >= 0.6 is 0 Å². The molecule has 1 N–H and O–H groups in total. The molecule has 1 aromatic heterocycles. The van der Waals surface area contributed by atoms with E-state index in [9.17, 15) is 0 Å². The van der Waals surface area contributed by atoms with E-state index >= 15 is 0 Å². The van der Waals surface area contributed by atoms with Crippen LogP contribution in [0.25, 0.3) is 0 Å². The predicted molar refractivity (Wildman–Crippen MR) is 79.2 cm³/mol. The largest absolute Gasteiger partial charge is 0.399 e. The number of hydrogen-bond acceptors (Lipinski definition) is 6. The maximum Gasteiger partial charge on any atom is 0.203 e. The zero-order valence-electron chi connectivity index (χ0n) is 12.2. The summed E-state index contributed by atoms with van der Waals surface area (Å²) in [6.07, 6.45) is 1.59. The summed E-state index contributed by atoms with van der Waals surface area (Å²) in [6, 6.07) is 7.68. The van der Waals surface area contributed by atoms with Crippen LogP contribution in [0.5, 0.6) is 0 Å². The van der Waals surface area contributed by atoms with Gasteiger partial charge >= 0.3 is 0 Å². The number of nitrogens with zero attached hydrogens (tertiary/aromatic N) is 4. The molecular weight excluding hydrogens is 270 g/mol. The van der Waals surface area contributed by atoms with Gasteiger partial charge in [0.25, 0.3) is 0 Å². The summed E-state index contributed by atoms with van der Waals surface area (Å²) >= 11 is 0. The van der Waals surface area contributed by atoms with E-state index < -0.39 is 0 Å². The molecule has 0 bridgehead atoms. The fourth-order valence-corrected chi connectivity index (χ4v) is 1.81. The van der Waals surface area contributed by atoms with Crippen LogP contribution in [0.3, 0.4) is 0 Å². The Hall–Kier alpha value is -2.70. The number of aryl methyl sites for hydroxylation is 1. The first kappa shape index (κ1) is 14.7. The summed E-state index contributed by atoms with van der Waals surface area (Å²) in [6.45, 7) is 3.94. The van der Waals surface area contributed by atoms with Gasteiger partial charge < -0.3 is 9.68 Å². The number of hydrogen-bond donors (Lipinski definition) is 1. The van der Waals surface area contributed by atoms with E-state index in [0.29, 0.717) is 24.0 Å². The summed E-state index contributed by atoms with van der Waals surface area (Å²) in [5, 5.41) is 14.7. The van der Waals surface area contributed by atoms with E-state index in [-0.39, 0.29) is 0 Å². The molecule has 2 rings (SSSR count). The first-order valence-corrected chi connectivity index (χ1v) is 6.45. The van der Waals surface area contributed by atoms with E-state index in [2.05, 4.69) is 25.5 Å². The topological polar surface area (TPSA) is 84.8 Å². The minimum Gasteiger partial charge on any atom is -0.399 e. The van der Waals surface area contributed by atoms with Gasteiger partial charge in [0.2, 0.25) is 5.82 Å². The van der Waals surface area contributed by atoms with Crippen LogP contribution in [-0.2, 0) is 16.3 Å². The van der Waals surface area contributed by atoms with Crippen LogP contribution in [0.1, 0.15) is 29.7 Å². The molecule has 7 nitrogen and oxygen atoms in total. The van der Waals surface area contributed by atoms with Crippen molar-refractivity contribution in [1.82, 2.24) is 15.2 Å². The van der Waals surface area contributed by atoms with Gasteiger partial charge in [0.15, 0.2) is 5.71 Å². The molecule has 0 aliphatic rings.